The van der Waals surface area contributed by atoms with E-state index in [2.05, 4.69) is 5.32 Å². The molecular weight excluding hydrogens is 246 g/mol. The Bertz CT molecular complexity index is 446. The molecule has 0 spiro atoms. The first-order valence-electron chi connectivity index (χ1n) is 6.01. The Morgan fingerprint density at radius 2 is 1.79 bits per heavy atom. The molecule has 0 radical (unpaired) electrons. The second-order valence-corrected chi connectivity index (χ2v) is 5.30. The lowest BCUT2D eigenvalue weighted by Gasteiger charge is -2.20. The van der Waals surface area contributed by atoms with Gasteiger partial charge in [-0.25, -0.2) is 0 Å². The molecule has 0 fully saturated rings. The fourth-order valence-corrected chi connectivity index (χ4v) is 1.43. The summed E-state index contributed by atoms with van der Waals surface area (Å²) in [5, 5.41) is 11.8. The third kappa shape index (κ3) is 6.45. The van der Waals surface area contributed by atoms with Crippen molar-refractivity contribution in [2.45, 2.75) is 32.7 Å². The van der Waals surface area contributed by atoms with E-state index in [1.165, 1.54) is 12.1 Å². The fraction of sp³-hybridized carbons (Fsp3) is 0.429. The minimum absolute atomic E-state index is 0.0725. The third-order valence-electron chi connectivity index (χ3n) is 2.16. The number of amides is 1. The largest absolute Gasteiger partial charge is 0.508 e. The van der Waals surface area contributed by atoms with Gasteiger partial charge in [0.2, 0.25) is 0 Å². The lowest BCUT2D eigenvalue weighted by atomic mass is 10.1. The summed E-state index contributed by atoms with van der Waals surface area (Å²) in [7, 11) is 0. The third-order valence-corrected chi connectivity index (χ3v) is 2.16. The zero-order valence-corrected chi connectivity index (χ0v) is 11.4. The van der Waals surface area contributed by atoms with Crippen LogP contribution in [-0.2, 0) is 20.7 Å². The molecule has 1 amide bonds. The molecule has 0 aliphatic rings. The van der Waals surface area contributed by atoms with Gasteiger partial charge in [-0.3, -0.25) is 9.59 Å². The van der Waals surface area contributed by atoms with Gasteiger partial charge in [-0.2, -0.15) is 0 Å². The monoisotopic (exact) mass is 265 g/mol. The summed E-state index contributed by atoms with van der Waals surface area (Å²) in [6.45, 7) is 5.27. The van der Waals surface area contributed by atoms with Gasteiger partial charge in [-0.05, 0) is 38.5 Å². The lowest BCUT2D eigenvalue weighted by Crippen LogP contribution is -2.42. The van der Waals surface area contributed by atoms with Crippen molar-refractivity contribution in [2.24, 2.45) is 0 Å². The lowest BCUT2D eigenvalue weighted by molar-refractivity contribution is -0.148. The molecule has 5 heteroatoms. The van der Waals surface area contributed by atoms with E-state index in [4.69, 9.17) is 9.84 Å². The second-order valence-electron chi connectivity index (χ2n) is 5.30. The molecule has 0 saturated carbocycles. The van der Waals surface area contributed by atoms with E-state index >= 15 is 0 Å². The zero-order valence-electron chi connectivity index (χ0n) is 11.4. The first kappa shape index (κ1) is 15.0. The van der Waals surface area contributed by atoms with Gasteiger partial charge in [-0.15, -0.1) is 0 Å². The Labute approximate surface area is 112 Å². The second kappa shape index (κ2) is 6.22. The van der Waals surface area contributed by atoms with Crippen molar-refractivity contribution >= 4 is 11.9 Å². The summed E-state index contributed by atoms with van der Waals surface area (Å²) in [4.78, 5) is 22.9. The SMILES string of the molecule is CC(C)(C)NC(=O)COC(=O)Cc1ccc(O)cc1. The summed E-state index contributed by atoms with van der Waals surface area (Å²) < 4.78 is 4.87. The highest BCUT2D eigenvalue weighted by Gasteiger charge is 2.15. The van der Waals surface area contributed by atoms with E-state index in [9.17, 15) is 9.59 Å². The van der Waals surface area contributed by atoms with E-state index in [1.54, 1.807) is 12.1 Å². The molecule has 104 valence electrons. The molecule has 5 nitrogen and oxygen atoms in total. The van der Waals surface area contributed by atoms with Gasteiger partial charge < -0.3 is 15.2 Å². The number of phenolic OH excluding ortho intramolecular Hbond substituents is 1. The van der Waals surface area contributed by atoms with Gasteiger partial charge in [0.05, 0.1) is 6.42 Å². The first-order valence-corrected chi connectivity index (χ1v) is 6.01. The summed E-state index contributed by atoms with van der Waals surface area (Å²) >= 11 is 0. The number of esters is 1. The standard InChI is InChI=1S/C14H19NO4/c1-14(2,3)15-12(17)9-19-13(18)8-10-4-6-11(16)7-5-10/h4-7,16H,8-9H2,1-3H3,(H,15,17). The molecule has 0 aliphatic carbocycles. The van der Waals surface area contributed by atoms with Gasteiger partial charge in [0.15, 0.2) is 6.61 Å². The van der Waals surface area contributed by atoms with Crippen LogP contribution >= 0.6 is 0 Å². The molecule has 1 aromatic carbocycles. The molecule has 0 atom stereocenters. The van der Waals surface area contributed by atoms with Crippen molar-refractivity contribution in [3.63, 3.8) is 0 Å². The molecule has 0 aromatic heterocycles. The number of phenols is 1. The average molecular weight is 265 g/mol. The van der Waals surface area contributed by atoms with E-state index in [-0.39, 0.29) is 30.2 Å². The Hall–Kier alpha value is -2.04. The molecule has 2 N–H and O–H groups in total. The smallest absolute Gasteiger partial charge is 0.310 e. The zero-order chi connectivity index (χ0) is 14.5. The van der Waals surface area contributed by atoms with Gasteiger partial charge in [0.1, 0.15) is 5.75 Å². The van der Waals surface area contributed by atoms with Crippen molar-refractivity contribution in [3.8, 4) is 5.75 Å². The van der Waals surface area contributed by atoms with Crippen LogP contribution in [0.15, 0.2) is 24.3 Å². The topological polar surface area (TPSA) is 75.6 Å². The maximum atomic E-state index is 11.5. The van der Waals surface area contributed by atoms with E-state index < -0.39 is 5.97 Å². The molecule has 0 aliphatic heterocycles. The van der Waals surface area contributed by atoms with Crippen LogP contribution in [0.4, 0.5) is 0 Å². The van der Waals surface area contributed by atoms with Crippen LogP contribution in [0.25, 0.3) is 0 Å². The predicted molar refractivity (Wildman–Crippen MR) is 70.7 cm³/mol. The Morgan fingerprint density at radius 1 is 1.21 bits per heavy atom. The van der Waals surface area contributed by atoms with Crippen LogP contribution < -0.4 is 5.32 Å². The predicted octanol–water partition coefficient (Wildman–Crippen LogP) is 1.39. The maximum Gasteiger partial charge on any atom is 0.310 e. The summed E-state index contributed by atoms with van der Waals surface area (Å²) in [5.41, 5.74) is 0.375. The molecular formula is C14H19NO4. The number of nitrogens with one attached hydrogen (secondary N) is 1. The van der Waals surface area contributed by atoms with E-state index in [0.717, 1.165) is 5.56 Å². The Balaban J connectivity index is 2.36. The minimum atomic E-state index is -0.477. The average Bonchev–Trinajstić information content (AvgIpc) is 2.27. The van der Waals surface area contributed by atoms with Crippen molar-refractivity contribution in [1.82, 2.24) is 5.32 Å². The van der Waals surface area contributed by atoms with Crippen molar-refractivity contribution in [2.75, 3.05) is 6.61 Å². The fourth-order valence-electron chi connectivity index (χ4n) is 1.43. The highest BCUT2D eigenvalue weighted by Crippen LogP contribution is 2.10. The number of hydrogen-bond donors (Lipinski definition) is 2. The number of carbonyl (C=O) groups is 2. The molecule has 0 saturated heterocycles. The molecule has 0 bridgehead atoms. The van der Waals surface area contributed by atoms with E-state index in [0.29, 0.717) is 0 Å². The first-order chi connectivity index (χ1) is 8.76. The molecule has 0 unspecified atom stereocenters. The van der Waals surface area contributed by atoms with Crippen LogP contribution in [-0.4, -0.2) is 29.1 Å². The molecule has 19 heavy (non-hydrogen) atoms. The van der Waals surface area contributed by atoms with E-state index in [1.807, 2.05) is 20.8 Å². The molecule has 0 heterocycles. The number of rotatable bonds is 4. The van der Waals surface area contributed by atoms with Gasteiger partial charge in [0.25, 0.3) is 5.91 Å². The summed E-state index contributed by atoms with van der Waals surface area (Å²) in [6.07, 6.45) is 0.0725. The molecule has 1 rings (SSSR count). The van der Waals surface area contributed by atoms with Crippen LogP contribution in [0.1, 0.15) is 26.3 Å². The quantitative estimate of drug-likeness (QED) is 0.807. The van der Waals surface area contributed by atoms with Crippen molar-refractivity contribution in [3.05, 3.63) is 29.8 Å². The highest BCUT2D eigenvalue weighted by atomic mass is 16.5. The number of hydrogen-bond acceptors (Lipinski definition) is 4. The number of ether oxygens (including phenoxy) is 1. The Kier molecular flexibility index (Phi) is 4.92. The highest BCUT2D eigenvalue weighted by molar-refractivity contribution is 5.81. The maximum absolute atomic E-state index is 11.5. The number of benzene rings is 1. The van der Waals surface area contributed by atoms with Crippen molar-refractivity contribution < 1.29 is 19.4 Å². The summed E-state index contributed by atoms with van der Waals surface area (Å²) in [5.74, 6) is -0.664. The van der Waals surface area contributed by atoms with Gasteiger partial charge in [-0.1, -0.05) is 12.1 Å². The van der Waals surface area contributed by atoms with Crippen LogP contribution in [0, 0.1) is 0 Å². The minimum Gasteiger partial charge on any atom is -0.508 e. The van der Waals surface area contributed by atoms with Gasteiger partial charge >= 0.3 is 5.97 Å². The van der Waals surface area contributed by atoms with Gasteiger partial charge in [0, 0.05) is 5.54 Å². The number of carbonyl (C=O) groups excluding carboxylic acids is 2. The Morgan fingerprint density at radius 3 is 2.32 bits per heavy atom. The van der Waals surface area contributed by atoms with Crippen LogP contribution in [0.5, 0.6) is 5.75 Å². The van der Waals surface area contributed by atoms with Crippen LogP contribution in [0.2, 0.25) is 0 Å². The molecule has 1 aromatic rings. The number of aromatic hydroxyl groups is 1. The van der Waals surface area contributed by atoms with Crippen molar-refractivity contribution in [1.29, 1.82) is 0 Å². The normalized spacial score (nSPS) is 10.9. The van der Waals surface area contributed by atoms with Crippen LogP contribution in [0.3, 0.4) is 0 Å². The summed E-state index contributed by atoms with van der Waals surface area (Å²) in [6, 6.07) is 6.25.